The number of imidazole rings is 1. The molecule has 1 heterocycles. The molecule has 0 aliphatic heterocycles. The molecule has 0 amide bonds. The zero-order valence-corrected chi connectivity index (χ0v) is 10.7. The first-order valence-corrected chi connectivity index (χ1v) is 6.63. The molecule has 1 saturated carbocycles. The van der Waals surface area contributed by atoms with Crippen LogP contribution in [0.5, 0.6) is 0 Å². The van der Waals surface area contributed by atoms with Gasteiger partial charge in [-0.3, -0.25) is 0 Å². The van der Waals surface area contributed by atoms with Gasteiger partial charge in [-0.2, -0.15) is 5.26 Å². The fourth-order valence-electron chi connectivity index (χ4n) is 2.81. The average molecular weight is 231 g/mol. The third kappa shape index (κ3) is 2.88. The van der Waals surface area contributed by atoms with E-state index in [0.717, 1.165) is 31.5 Å². The highest BCUT2D eigenvalue weighted by Gasteiger charge is 2.30. The van der Waals surface area contributed by atoms with Crippen LogP contribution in [0, 0.1) is 16.7 Å². The molecule has 0 bridgehead atoms. The summed E-state index contributed by atoms with van der Waals surface area (Å²) < 4.78 is 2.06. The second kappa shape index (κ2) is 5.35. The Kier molecular flexibility index (Phi) is 3.83. The van der Waals surface area contributed by atoms with Crippen LogP contribution >= 0.6 is 0 Å². The molecule has 1 aromatic heterocycles. The summed E-state index contributed by atoms with van der Waals surface area (Å²) in [4.78, 5) is 4.34. The number of rotatable bonds is 3. The number of aromatic nitrogens is 2. The van der Waals surface area contributed by atoms with E-state index in [-0.39, 0.29) is 5.41 Å². The largest absolute Gasteiger partial charge is 0.338 e. The molecule has 2 rings (SSSR count). The highest BCUT2D eigenvalue weighted by Crippen LogP contribution is 2.38. The van der Waals surface area contributed by atoms with Gasteiger partial charge in [0, 0.05) is 25.9 Å². The molecule has 3 nitrogen and oxygen atoms in total. The monoisotopic (exact) mass is 231 g/mol. The van der Waals surface area contributed by atoms with E-state index in [2.05, 4.69) is 15.6 Å². The van der Waals surface area contributed by atoms with Crippen molar-refractivity contribution in [3.8, 4) is 6.07 Å². The minimum atomic E-state index is -0.0809. The van der Waals surface area contributed by atoms with Gasteiger partial charge in [-0.05, 0) is 19.3 Å². The summed E-state index contributed by atoms with van der Waals surface area (Å²) in [5, 5.41) is 9.49. The Hall–Kier alpha value is -1.30. The summed E-state index contributed by atoms with van der Waals surface area (Å²) in [6.45, 7) is 0. The van der Waals surface area contributed by atoms with Crippen LogP contribution in [0.4, 0.5) is 0 Å². The van der Waals surface area contributed by atoms with Crippen molar-refractivity contribution in [2.45, 2.75) is 51.4 Å². The van der Waals surface area contributed by atoms with Gasteiger partial charge in [0.2, 0.25) is 0 Å². The smallest absolute Gasteiger partial charge is 0.108 e. The van der Waals surface area contributed by atoms with E-state index in [4.69, 9.17) is 0 Å². The standard InChI is InChI=1S/C14H21N3/c1-17-11-10-16-13(17)6-9-14(12-15)7-4-2-3-5-8-14/h10-11H,2-9H2,1H3. The van der Waals surface area contributed by atoms with E-state index in [1.54, 1.807) is 0 Å². The van der Waals surface area contributed by atoms with Gasteiger partial charge in [0.05, 0.1) is 11.5 Å². The van der Waals surface area contributed by atoms with Crippen LogP contribution in [-0.4, -0.2) is 9.55 Å². The van der Waals surface area contributed by atoms with E-state index < -0.39 is 0 Å². The van der Waals surface area contributed by atoms with Crippen LogP contribution in [-0.2, 0) is 13.5 Å². The molecule has 1 fully saturated rings. The normalized spacial score (nSPS) is 19.5. The summed E-state index contributed by atoms with van der Waals surface area (Å²) >= 11 is 0. The lowest BCUT2D eigenvalue weighted by Crippen LogP contribution is -2.19. The molecule has 0 aromatic carbocycles. The first-order valence-electron chi connectivity index (χ1n) is 6.63. The molecule has 0 atom stereocenters. The summed E-state index contributed by atoms with van der Waals surface area (Å²) in [6, 6.07) is 2.60. The Balaban J connectivity index is 1.99. The summed E-state index contributed by atoms with van der Waals surface area (Å²) in [5.41, 5.74) is -0.0809. The van der Waals surface area contributed by atoms with Crippen molar-refractivity contribution in [3.05, 3.63) is 18.2 Å². The van der Waals surface area contributed by atoms with Gasteiger partial charge in [-0.25, -0.2) is 4.98 Å². The Morgan fingerprint density at radius 2 is 2.06 bits per heavy atom. The zero-order chi connectivity index (χ0) is 12.1. The predicted molar refractivity (Wildman–Crippen MR) is 67.3 cm³/mol. The molecule has 17 heavy (non-hydrogen) atoms. The van der Waals surface area contributed by atoms with E-state index in [1.165, 1.54) is 25.7 Å². The lowest BCUT2D eigenvalue weighted by Gasteiger charge is -2.24. The molecular formula is C14H21N3. The third-order valence-corrected chi connectivity index (χ3v) is 4.05. The highest BCUT2D eigenvalue weighted by molar-refractivity contribution is 5.02. The quantitative estimate of drug-likeness (QED) is 0.749. The van der Waals surface area contributed by atoms with Crippen LogP contribution in [0.2, 0.25) is 0 Å². The summed E-state index contributed by atoms with van der Waals surface area (Å²) in [6.07, 6.45) is 12.9. The number of aryl methyl sites for hydroxylation is 2. The second-order valence-electron chi connectivity index (χ2n) is 5.26. The van der Waals surface area contributed by atoms with Crippen molar-refractivity contribution >= 4 is 0 Å². The van der Waals surface area contributed by atoms with E-state index >= 15 is 0 Å². The molecule has 0 radical (unpaired) electrons. The number of hydrogen-bond donors (Lipinski definition) is 0. The summed E-state index contributed by atoms with van der Waals surface area (Å²) in [7, 11) is 2.02. The molecule has 1 aliphatic carbocycles. The van der Waals surface area contributed by atoms with Gasteiger partial charge in [0.15, 0.2) is 0 Å². The topological polar surface area (TPSA) is 41.6 Å². The fraction of sp³-hybridized carbons (Fsp3) is 0.714. The Labute approximate surface area is 103 Å². The zero-order valence-electron chi connectivity index (χ0n) is 10.7. The number of hydrogen-bond acceptors (Lipinski definition) is 2. The molecule has 1 aliphatic rings. The molecule has 0 spiro atoms. The van der Waals surface area contributed by atoms with Crippen LogP contribution < -0.4 is 0 Å². The maximum Gasteiger partial charge on any atom is 0.108 e. The Morgan fingerprint density at radius 3 is 2.59 bits per heavy atom. The van der Waals surface area contributed by atoms with Crippen molar-refractivity contribution in [2.24, 2.45) is 12.5 Å². The van der Waals surface area contributed by atoms with Crippen LogP contribution in [0.3, 0.4) is 0 Å². The third-order valence-electron chi connectivity index (χ3n) is 4.05. The molecule has 0 saturated heterocycles. The maximum absolute atomic E-state index is 9.49. The fourth-order valence-corrected chi connectivity index (χ4v) is 2.81. The average Bonchev–Trinajstić information content (AvgIpc) is 2.63. The molecule has 0 N–H and O–H groups in total. The molecule has 3 heteroatoms. The van der Waals surface area contributed by atoms with E-state index in [1.807, 2.05) is 19.4 Å². The maximum atomic E-state index is 9.49. The molecule has 0 unspecified atom stereocenters. The first kappa shape index (κ1) is 12.2. The SMILES string of the molecule is Cn1ccnc1CCC1(C#N)CCCCCC1. The van der Waals surface area contributed by atoms with Gasteiger partial charge in [0.1, 0.15) is 5.82 Å². The van der Waals surface area contributed by atoms with Crippen molar-refractivity contribution in [1.29, 1.82) is 5.26 Å². The van der Waals surface area contributed by atoms with Gasteiger partial charge in [-0.1, -0.05) is 25.7 Å². The Bertz CT molecular complexity index is 392. The minimum absolute atomic E-state index is 0.0809. The highest BCUT2D eigenvalue weighted by atomic mass is 15.0. The van der Waals surface area contributed by atoms with Gasteiger partial charge < -0.3 is 4.57 Å². The van der Waals surface area contributed by atoms with E-state index in [0.29, 0.717) is 0 Å². The predicted octanol–water partition coefficient (Wildman–Crippen LogP) is 3.22. The lowest BCUT2D eigenvalue weighted by atomic mass is 9.78. The van der Waals surface area contributed by atoms with Crippen molar-refractivity contribution in [3.63, 3.8) is 0 Å². The van der Waals surface area contributed by atoms with Gasteiger partial charge in [-0.15, -0.1) is 0 Å². The number of nitrogens with zero attached hydrogens (tertiary/aromatic N) is 3. The van der Waals surface area contributed by atoms with Crippen molar-refractivity contribution in [2.75, 3.05) is 0 Å². The van der Waals surface area contributed by atoms with Crippen LogP contribution in [0.1, 0.15) is 50.8 Å². The molecular weight excluding hydrogens is 210 g/mol. The molecule has 92 valence electrons. The van der Waals surface area contributed by atoms with Crippen molar-refractivity contribution in [1.82, 2.24) is 9.55 Å². The lowest BCUT2D eigenvalue weighted by molar-refractivity contribution is 0.312. The van der Waals surface area contributed by atoms with Crippen LogP contribution in [0.15, 0.2) is 12.4 Å². The first-order chi connectivity index (χ1) is 8.26. The van der Waals surface area contributed by atoms with Crippen LogP contribution in [0.25, 0.3) is 0 Å². The Morgan fingerprint density at radius 1 is 1.35 bits per heavy atom. The molecule has 1 aromatic rings. The second-order valence-corrected chi connectivity index (χ2v) is 5.26. The van der Waals surface area contributed by atoms with Crippen molar-refractivity contribution < 1.29 is 0 Å². The van der Waals surface area contributed by atoms with E-state index in [9.17, 15) is 5.26 Å². The minimum Gasteiger partial charge on any atom is -0.338 e. The number of nitriles is 1. The van der Waals surface area contributed by atoms with Gasteiger partial charge in [0.25, 0.3) is 0 Å². The van der Waals surface area contributed by atoms with Gasteiger partial charge >= 0.3 is 0 Å². The summed E-state index contributed by atoms with van der Waals surface area (Å²) in [5.74, 6) is 1.10.